The summed E-state index contributed by atoms with van der Waals surface area (Å²) >= 11 is 0. The van der Waals surface area contributed by atoms with Gasteiger partial charge in [0.1, 0.15) is 0 Å². The fraction of sp³-hybridized carbons (Fsp3) is 0.176. The molecule has 8 heteroatoms. The number of hydrazone groups is 1. The molecule has 25 heavy (non-hydrogen) atoms. The molecule has 2 aromatic carbocycles. The van der Waals surface area contributed by atoms with Crippen LogP contribution in [0.5, 0.6) is 0 Å². The van der Waals surface area contributed by atoms with E-state index in [1.54, 1.807) is 0 Å². The largest absolute Gasteiger partial charge is 0.369 e. The van der Waals surface area contributed by atoms with Crippen molar-refractivity contribution in [1.29, 1.82) is 0 Å². The first-order valence-corrected chi connectivity index (χ1v) is 8.10. The summed E-state index contributed by atoms with van der Waals surface area (Å²) < 4.78 is 0. The van der Waals surface area contributed by atoms with Gasteiger partial charge in [-0.2, -0.15) is 0 Å². The SMILES string of the molecule is C[C@@H](CN)N1NNN=C1c1ccccc1-c1cccc2[nH]c(N)nc12. The average Bonchev–Trinajstić information content (AvgIpc) is 3.26. The Labute approximate surface area is 144 Å². The number of para-hydroxylation sites is 1. The second kappa shape index (κ2) is 6.08. The Balaban J connectivity index is 1.87. The minimum absolute atomic E-state index is 0.0821. The van der Waals surface area contributed by atoms with Crippen molar-refractivity contribution in [2.45, 2.75) is 13.0 Å². The molecule has 1 aliphatic rings. The van der Waals surface area contributed by atoms with E-state index in [1.807, 2.05) is 48.3 Å². The van der Waals surface area contributed by atoms with Crippen LogP contribution < -0.4 is 22.5 Å². The lowest BCUT2D eigenvalue weighted by molar-refractivity contribution is 0.238. The van der Waals surface area contributed by atoms with Crippen LogP contribution in [0.15, 0.2) is 47.6 Å². The molecule has 0 saturated heterocycles. The van der Waals surface area contributed by atoms with E-state index in [-0.39, 0.29) is 6.04 Å². The fourth-order valence-electron chi connectivity index (χ4n) is 3.03. The quantitative estimate of drug-likeness (QED) is 0.487. The van der Waals surface area contributed by atoms with Gasteiger partial charge >= 0.3 is 0 Å². The number of aromatic amines is 1. The summed E-state index contributed by atoms with van der Waals surface area (Å²) in [7, 11) is 0. The van der Waals surface area contributed by atoms with Gasteiger partial charge < -0.3 is 16.5 Å². The van der Waals surface area contributed by atoms with Gasteiger partial charge in [-0.1, -0.05) is 36.4 Å². The van der Waals surface area contributed by atoms with E-state index in [9.17, 15) is 0 Å². The predicted molar refractivity (Wildman–Crippen MR) is 99.1 cm³/mol. The van der Waals surface area contributed by atoms with Crippen LogP contribution in [-0.2, 0) is 0 Å². The van der Waals surface area contributed by atoms with Crippen LogP contribution in [0.25, 0.3) is 22.2 Å². The monoisotopic (exact) mass is 336 g/mol. The van der Waals surface area contributed by atoms with Gasteiger partial charge in [0.2, 0.25) is 0 Å². The number of imidazole rings is 1. The van der Waals surface area contributed by atoms with Crippen molar-refractivity contribution in [2.75, 3.05) is 12.3 Å². The number of nitrogens with zero attached hydrogens (tertiary/aromatic N) is 3. The molecular formula is C17H20N8. The van der Waals surface area contributed by atoms with Crippen molar-refractivity contribution in [3.05, 3.63) is 48.0 Å². The van der Waals surface area contributed by atoms with Gasteiger partial charge in [0.15, 0.2) is 11.8 Å². The van der Waals surface area contributed by atoms with Gasteiger partial charge in [-0.3, -0.25) is 5.01 Å². The normalized spacial score (nSPS) is 15.3. The number of rotatable bonds is 4. The van der Waals surface area contributed by atoms with Crippen molar-refractivity contribution in [3.8, 4) is 11.1 Å². The highest BCUT2D eigenvalue weighted by molar-refractivity contribution is 6.07. The Bertz CT molecular complexity index is 945. The van der Waals surface area contributed by atoms with E-state index >= 15 is 0 Å². The molecule has 0 unspecified atom stereocenters. The number of benzene rings is 2. The van der Waals surface area contributed by atoms with Gasteiger partial charge in [0, 0.05) is 17.7 Å². The third kappa shape index (κ3) is 2.57. The molecule has 3 aromatic rings. The van der Waals surface area contributed by atoms with Crippen LogP contribution in [0.3, 0.4) is 0 Å². The van der Waals surface area contributed by atoms with Crippen LogP contribution in [0.4, 0.5) is 5.95 Å². The number of nitrogens with one attached hydrogen (secondary N) is 3. The van der Waals surface area contributed by atoms with Crippen molar-refractivity contribution in [1.82, 2.24) is 26.0 Å². The minimum atomic E-state index is 0.0821. The number of amidine groups is 1. The van der Waals surface area contributed by atoms with Crippen molar-refractivity contribution < 1.29 is 0 Å². The molecule has 0 bridgehead atoms. The third-order valence-electron chi connectivity index (χ3n) is 4.33. The predicted octanol–water partition coefficient (Wildman–Crippen LogP) is 1.15. The second-order valence-electron chi connectivity index (χ2n) is 5.98. The van der Waals surface area contributed by atoms with Gasteiger partial charge in [-0.25, -0.2) is 10.5 Å². The molecule has 1 atom stereocenters. The summed E-state index contributed by atoms with van der Waals surface area (Å²) in [5.74, 6) is 1.19. The number of hydrogen-bond acceptors (Lipinski definition) is 7. The molecule has 0 radical (unpaired) electrons. The number of nitrogens with two attached hydrogens (primary N) is 2. The first kappa shape index (κ1) is 15.4. The summed E-state index contributed by atoms with van der Waals surface area (Å²) in [6.07, 6.45) is 0. The molecule has 128 valence electrons. The van der Waals surface area contributed by atoms with E-state index in [0.717, 1.165) is 33.6 Å². The summed E-state index contributed by atoms with van der Waals surface area (Å²) in [4.78, 5) is 7.52. The zero-order chi connectivity index (χ0) is 17.4. The fourth-order valence-corrected chi connectivity index (χ4v) is 3.03. The molecule has 1 aliphatic heterocycles. The standard InChI is InChI=1S/C17H20N8/c1-10(9-18)25-16(22-23-24-25)13-6-3-2-5-11(13)12-7-4-8-14-15(12)21-17(19)20-14/h2-8,10,23-24H,9,18H2,1H3,(H3,19,20,21)/t10-/m0/s1. The lowest BCUT2D eigenvalue weighted by Gasteiger charge is -2.26. The molecular weight excluding hydrogens is 316 g/mol. The molecule has 4 rings (SSSR count). The smallest absolute Gasteiger partial charge is 0.198 e. The summed E-state index contributed by atoms with van der Waals surface area (Å²) in [6, 6.07) is 14.1. The second-order valence-corrected chi connectivity index (χ2v) is 5.98. The maximum absolute atomic E-state index is 5.85. The van der Waals surface area contributed by atoms with E-state index in [1.165, 1.54) is 0 Å². The Morgan fingerprint density at radius 3 is 2.64 bits per heavy atom. The number of fused-ring (bicyclic) bond motifs is 1. The summed E-state index contributed by atoms with van der Waals surface area (Å²) in [5.41, 5.74) is 22.3. The molecule has 0 spiro atoms. The first-order chi connectivity index (χ1) is 12.2. The third-order valence-corrected chi connectivity index (χ3v) is 4.33. The number of hydrogen-bond donors (Lipinski definition) is 5. The topological polar surface area (TPSA) is 120 Å². The number of aromatic nitrogens is 2. The van der Waals surface area contributed by atoms with Crippen molar-refractivity contribution in [3.63, 3.8) is 0 Å². The maximum atomic E-state index is 5.85. The lowest BCUT2D eigenvalue weighted by atomic mass is 9.97. The molecule has 7 N–H and O–H groups in total. The maximum Gasteiger partial charge on any atom is 0.198 e. The Morgan fingerprint density at radius 2 is 1.84 bits per heavy atom. The number of anilines is 1. The summed E-state index contributed by atoms with van der Waals surface area (Å²) in [5, 5.41) is 6.33. The van der Waals surface area contributed by atoms with Crippen LogP contribution in [0.2, 0.25) is 0 Å². The molecule has 0 saturated carbocycles. The molecule has 8 nitrogen and oxygen atoms in total. The van der Waals surface area contributed by atoms with E-state index in [2.05, 4.69) is 32.2 Å². The highest BCUT2D eigenvalue weighted by Gasteiger charge is 2.25. The van der Waals surface area contributed by atoms with Gasteiger partial charge in [-0.15, -0.1) is 10.6 Å². The zero-order valence-corrected chi connectivity index (χ0v) is 13.8. The molecule has 2 heterocycles. The molecule has 1 aromatic heterocycles. The van der Waals surface area contributed by atoms with Gasteiger partial charge in [-0.05, 0) is 18.6 Å². The van der Waals surface area contributed by atoms with E-state index in [0.29, 0.717) is 12.5 Å². The number of H-pyrrole nitrogens is 1. The molecule has 0 aliphatic carbocycles. The highest BCUT2D eigenvalue weighted by Crippen LogP contribution is 2.31. The lowest BCUT2D eigenvalue weighted by Crippen LogP contribution is -2.49. The zero-order valence-electron chi connectivity index (χ0n) is 13.8. The van der Waals surface area contributed by atoms with E-state index in [4.69, 9.17) is 11.5 Å². The average molecular weight is 336 g/mol. The number of hydrazine groups is 2. The molecule has 0 fully saturated rings. The van der Waals surface area contributed by atoms with Crippen LogP contribution in [-0.4, -0.2) is 33.4 Å². The van der Waals surface area contributed by atoms with Gasteiger partial charge in [0.25, 0.3) is 0 Å². The Hall–Kier alpha value is -3.10. The van der Waals surface area contributed by atoms with E-state index < -0.39 is 0 Å². The highest BCUT2D eigenvalue weighted by atomic mass is 15.8. The summed E-state index contributed by atoms with van der Waals surface area (Å²) in [6.45, 7) is 2.54. The molecule has 0 amide bonds. The van der Waals surface area contributed by atoms with Crippen molar-refractivity contribution in [2.24, 2.45) is 10.8 Å². The first-order valence-electron chi connectivity index (χ1n) is 8.10. The minimum Gasteiger partial charge on any atom is -0.369 e. The van der Waals surface area contributed by atoms with Crippen LogP contribution in [0.1, 0.15) is 12.5 Å². The van der Waals surface area contributed by atoms with Crippen LogP contribution in [0, 0.1) is 0 Å². The van der Waals surface area contributed by atoms with Gasteiger partial charge in [0.05, 0.1) is 17.1 Å². The van der Waals surface area contributed by atoms with Crippen LogP contribution >= 0.6 is 0 Å². The number of nitrogen functional groups attached to an aromatic ring is 1. The Kier molecular flexibility index (Phi) is 3.75. The Morgan fingerprint density at radius 1 is 1.08 bits per heavy atom. The van der Waals surface area contributed by atoms with Crippen molar-refractivity contribution >= 4 is 22.8 Å².